The number of carbonyl (C=O) groups excluding carboxylic acids is 1. The maximum Gasteiger partial charge on any atom is 0.407 e. The number of ether oxygens (including phenoxy) is 1. The van der Waals surface area contributed by atoms with Crippen LogP contribution in [-0.4, -0.2) is 21.7 Å². The highest BCUT2D eigenvalue weighted by atomic mass is 16.6. The van der Waals surface area contributed by atoms with Gasteiger partial charge in [0.1, 0.15) is 11.4 Å². The molecule has 7 heteroatoms. The number of rotatable bonds is 2. The van der Waals surface area contributed by atoms with Gasteiger partial charge in [-0.05, 0) is 20.8 Å². The van der Waals surface area contributed by atoms with Crippen LogP contribution < -0.4 is 16.8 Å². The molecule has 0 bridgehead atoms. The van der Waals surface area contributed by atoms with Crippen molar-refractivity contribution < 1.29 is 9.53 Å². The first-order valence-corrected chi connectivity index (χ1v) is 5.11. The van der Waals surface area contributed by atoms with Crippen molar-refractivity contribution in [2.45, 2.75) is 32.9 Å². The minimum atomic E-state index is -0.534. The molecule has 0 radical (unpaired) electrons. The van der Waals surface area contributed by atoms with Crippen molar-refractivity contribution in [2.24, 2.45) is 0 Å². The zero-order chi connectivity index (χ0) is 13.1. The largest absolute Gasteiger partial charge is 0.444 e. The average molecular weight is 239 g/mol. The molecule has 17 heavy (non-hydrogen) atoms. The molecule has 0 spiro atoms. The second kappa shape index (κ2) is 4.86. The first-order chi connectivity index (χ1) is 7.78. The molecule has 0 aliphatic heterocycles. The molecule has 1 aromatic rings. The molecular weight excluding hydrogens is 222 g/mol. The Morgan fingerprint density at radius 1 is 1.47 bits per heavy atom. The Morgan fingerprint density at radius 3 is 2.65 bits per heavy atom. The Bertz CT molecular complexity index is 414. The van der Waals surface area contributed by atoms with Crippen molar-refractivity contribution in [2.75, 3.05) is 11.5 Å². The van der Waals surface area contributed by atoms with E-state index in [0.717, 1.165) is 0 Å². The van der Waals surface area contributed by atoms with Gasteiger partial charge in [-0.1, -0.05) is 0 Å². The Kier molecular flexibility index (Phi) is 3.72. The summed E-state index contributed by atoms with van der Waals surface area (Å²) < 4.78 is 5.07. The van der Waals surface area contributed by atoms with Gasteiger partial charge in [0.25, 0.3) is 0 Å². The van der Waals surface area contributed by atoms with Gasteiger partial charge in [0.2, 0.25) is 5.95 Å². The average Bonchev–Trinajstić information content (AvgIpc) is 2.13. The van der Waals surface area contributed by atoms with Crippen LogP contribution in [0.15, 0.2) is 6.20 Å². The molecule has 0 aliphatic rings. The molecule has 1 heterocycles. The summed E-state index contributed by atoms with van der Waals surface area (Å²) in [4.78, 5) is 18.9. The van der Waals surface area contributed by atoms with E-state index in [-0.39, 0.29) is 18.3 Å². The van der Waals surface area contributed by atoms with Crippen molar-refractivity contribution in [3.63, 3.8) is 0 Å². The summed E-state index contributed by atoms with van der Waals surface area (Å²) in [6, 6.07) is 0. The van der Waals surface area contributed by atoms with Crippen LogP contribution in [0.1, 0.15) is 26.3 Å². The van der Waals surface area contributed by atoms with Gasteiger partial charge in [0.05, 0.1) is 6.54 Å². The predicted octanol–water partition coefficient (Wildman–Crippen LogP) is 0.666. The topological polar surface area (TPSA) is 116 Å². The van der Waals surface area contributed by atoms with E-state index in [0.29, 0.717) is 5.56 Å². The molecule has 0 aromatic carbocycles. The maximum absolute atomic E-state index is 11.4. The van der Waals surface area contributed by atoms with Crippen LogP contribution >= 0.6 is 0 Å². The number of alkyl carbamates (subject to hydrolysis) is 1. The lowest BCUT2D eigenvalue weighted by Gasteiger charge is -2.19. The van der Waals surface area contributed by atoms with Gasteiger partial charge in [-0.2, -0.15) is 4.98 Å². The second-order valence-corrected chi connectivity index (χ2v) is 4.49. The number of nitrogens with zero attached hydrogens (tertiary/aromatic N) is 2. The summed E-state index contributed by atoms with van der Waals surface area (Å²) in [5.74, 6) is 0.345. The number of hydrogen-bond donors (Lipinski definition) is 3. The van der Waals surface area contributed by atoms with E-state index in [9.17, 15) is 4.79 Å². The smallest absolute Gasteiger partial charge is 0.407 e. The van der Waals surface area contributed by atoms with Crippen molar-refractivity contribution in [3.8, 4) is 0 Å². The molecule has 1 aromatic heterocycles. The molecule has 0 fully saturated rings. The fraction of sp³-hybridized carbons (Fsp3) is 0.500. The van der Waals surface area contributed by atoms with Crippen LogP contribution in [0, 0.1) is 0 Å². The summed E-state index contributed by atoms with van der Waals surface area (Å²) in [6.45, 7) is 5.55. The van der Waals surface area contributed by atoms with Crippen molar-refractivity contribution in [3.05, 3.63) is 11.8 Å². The zero-order valence-corrected chi connectivity index (χ0v) is 10.2. The van der Waals surface area contributed by atoms with Gasteiger partial charge in [-0.15, -0.1) is 0 Å². The van der Waals surface area contributed by atoms with Gasteiger partial charge in [-0.25, -0.2) is 9.78 Å². The fourth-order valence-corrected chi connectivity index (χ4v) is 1.05. The first kappa shape index (κ1) is 13.0. The monoisotopic (exact) mass is 239 g/mol. The third-order valence-corrected chi connectivity index (χ3v) is 1.74. The highest BCUT2D eigenvalue weighted by Gasteiger charge is 2.16. The van der Waals surface area contributed by atoms with E-state index in [2.05, 4.69) is 15.3 Å². The summed E-state index contributed by atoms with van der Waals surface area (Å²) in [7, 11) is 0. The number of hydrogen-bond acceptors (Lipinski definition) is 6. The van der Waals surface area contributed by atoms with Crippen LogP contribution in [0.5, 0.6) is 0 Å². The fourth-order valence-electron chi connectivity index (χ4n) is 1.05. The number of carbonyl (C=O) groups is 1. The van der Waals surface area contributed by atoms with Crippen LogP contribution in [0.3, 0.4) is 0 Å². The van der Waals surface area contributed by atoms with Crippen LogP contribution in [0.2, 0.25) is 0 Å². The number of nitrogens with one attached hydrogen (secondary N) is 1. The van der Waals surface area contributed by atoms with Crippen LogP contribution in [-0.2, 0) is 11.3 Å². The predicted molar refractivity (Wildman–Crippen MR) is 63.9 cm³/mol. The van der Waals surface area contributed by atoms with E-state index >= 15 is 0 Å². The lowest BCUT2D eigenvalue weighted by Crippen LogP contribution is -2.32. The normalized spacial score (nSPS) is 11.0. The van der Waals surface area contributed by atoms with E-state index in [4.69, 9.17) is 16.2 Å². The van der Waals surface area contributed by atoms with Gasteiger partial charge < -0.3 is 21.5 Å². The minimum absolute atomic E-state index is 0.100. The summed E-state index contributed by atoms with van der Waals surface area (Å²) in [5, 5.41) is 2.55. The van der Waals surface area contributed by atoms with Crippen molar-refractivity contribution in [1.29, 1.82) is 0 Å². The summed E-state index contributed by atoms with van der Waals surface area (Å²) in [5.41, 5.74) is 11.0. The van der Waals surface area contributed by atoms with Crippen LogP contribution in [0.25, 0.3) is 0 Å². The summed E-state index contributed by atoms with van der Waals surface area (Å²) in [6.07, 6.45) is 0.948. The Labute approximate surface area is 99.6 Å². The third kappa shape index (κ3) is 4.54. The first-order valence-electron chi connectivity index (χ1n) is 5.11. The number of aromatic nitrogens is 2. The van der Waals surface area contributed by atoms with Crippen molar-refractivity contribution >= 4 is 17.9 Å². The molecular formula is C10H17N5O2. The van der Waals surface area contributed by atoms with Gasteiger partial charge in [0, 0.05) is 11.8 Å². The minimum Gasteiger partial charge on any atom is -0.444 e. The van der Waals surface area contributed by atoms with E-state index in [1.54, 1.807) is 20.8 Å². The van der Waals surface area contributed by atoms with E-state index < -0.39 is 11.7 Å². The molecule has 1 amide bonds. The molecule has 0 saturated heterocycles. The lowest BCUT2D eigenvalue weighted by atomic mass is 10.2. The maximum atomic E-state index is 11.4. The molecule has 94 valence electrons. The molecule has 1 rings (SSSR count). The number of anilines is 2. The third-order valence-electron chi connectivity index (χ3n) is 1.74. The Hall–Kier alpha value is -2.05. The number of nitrogen functional groups attached to an aromatic ring is 2. The number of nitrogens with two attached hydrogens (primary N) is 2. The molecule has 5 N–H and O–H groups in total. The SMILES string of the molecule is CC(C)(C)OC(=O)NCc1cnc(N)nc1N. The number of amides is 1. The van der Waals surface area contributed by atoms with E-state index in [1.165, 1.54) is 6.20 Å². The van der Waals surface area contributed by atoms with Gasteiger partial charge >= 0.3 is 6.09 Å². The highest BCUT2D eigenvalue weighted by Crippen LogP contribution is 2.09. The molecule has 7 nitrogen and oxygen atoms in total. The molecule has 0 unspecified atom stereocenters. The zero-order valence-electron chi connectivity index (χ0n) is 10.2. The molecule has 0 saturated carbocycles. The summed E-state index contributed by atoms with van der Waals surface area (Å²) >= 11 is 0. The molecule has 0 aliphatic carbocycles. The van der Waals surface area contributed by atoms with Crippen molar-refractivity contribution in [1.82, 2.24) is 15.3 Å². The lowest BCUT2D eigenvalue weighted by molar-refractivity contribution is 0.0523. The van der Waals surface area contributed by atoms with Gasteiger partial charge in [-0.3, -0.25) is 0 Å². The standard InChI is InChI=1S/C10H17N5O2/c1-10(2,3)17-9(16)14-5-6-4-13-8(12)15-7(6)11/h4H,5H2,1-3H3,(H,14,16)(H4,11,12,13,15). The Balaban J connectivity index is 2.53. The van der Waals surface area contributed by atoms with Crippen LogP contribution in [0.4, 0.5) is 16.6 Å². The second-order valence-electron chi connectivity index (χ2n) is 4.49. The molecule has 0 atom stereocenters. The van der Waals surface area contributed by atoms with Gasteiger partial charge in [0.15, 0.2) is 0 Å². The quantitative estimate of drug-likeness (QED) is 0.698. The Morgan fingerprint density at radius 2 is 2.12 bits per heavy atom. The van der Waals surface area contributed by atoms with E-state index in [1.807, 2.05) is 0 Å². The highest BCUT2D eigenvalue weighted by molar-refractivity contribution is 5.67.